The molecule has 30 heavy (non-hydrogen) atoms. The Labute approximate surface area is 179 Å². The van der Waals surface area contributed by atoms with Crippen molar-refractivity contribution < 1.29 is 13.2 Å². The van der Waals surface area contributed by atoms with Crippen LogP contribution >= 0.6 is 0 Å². The summed E-state index contributed by atoms with van der Waals surface area (Å²) in [5.74, 6) is 0.0552. The molecule has 1 heterocycles. The van der Waals surface area contributed by atoms with Crippen molar-refractivity contribution >= 4 is 15.9 Å². The zero-order valence-electron chi connectivity index (χ0n) is 17.7. The number of hydrogen-bond donors (Lipinski definition) is 2. The molecule has 0 spiro atoms. The predicted molar refractivity (Wildman–Crippen MR) is 119 cm³/mol. The Hall–Kier alpha value is -2.22. The van der Waals surface area contributed by atoms with E-state index in [-0.39, 0.29) is 22.9 Å². The van der Waals surface area contributed by atoms with Crippen LogP contribution in [0.5, 0.6) is 0 Å². The van der Waals surface area contributed by atoms with Gasteiger partial charge >= 0.3 is 0 Å². The molecule has 2 N–H and O–H groups in total. The third kappa shape index (κ3) is 6.39. The Kier molecular flexibility index (Phi) is 7.64. The number of benzene rings is 2. The van der Waals surface area contributed by atoms with Crippen molar-refractivity contribution in [1.29, 1.82) is 0 Å². The van der Waals surface area contributed by atoms with E-state index in [1.54, 1.807) is 24.3 Å². The molecule has 0 radical (unpaired) electrons. The molecular weight excluding hydrogens is 398 g/mol. The van der Waals surface area contributed by atoms with Gasteiger partial charge in [-0.25, -0.2) is 13.1 Å². The van der Waals surface area contributed by atoms with Gasteiger partial charge < -0.3 is 10.2 Å². The van der Waals surface area contributed by atoms with Crippen LogP contribution in [0, 0.1) is 0 Å². The maximum absolute atomic E-state index is 12.7. The Morgan fingerprint density at radius 1 is 1.07 bits per heavy atom. The number of nitrogens with zero attached hydrogens (tertiary/aromatic N) is 1. The van der Waals surface area contributed by atoms with Gasteiger partial charge in [-0.2, -0.15) is 0 Å². The van der Waals surface area contributed by atoms with Crippen molar-refractivity contribution in [2.45, 2.75) is 49.6 Å². The third-order valence-corrected chi connectivity index (χ3v) is 7.15. The number of sulfonamides is 1. The maximum Gasteiger partial charge on any atom is 0.241 e. The molecule has 3 rings (SSSR count). The zero-order valence-corrected chi connectivity index (χ0v) is 18.5. The molecule has 162 valence electrons. The van der Waals surface area contributed by atoms with E-state index < -0.39 is 10.0 Å². The summed E-state index contributed by atoms with van der Waals surface area (Å²) in [6.45, 7) is 3.85. The van der Waals surface area contributed by atoms with Crippen molar-refractivity contribution in [3.8, 4) is 0 Å². The Morgan fingerprint density at radius 2 is 1.70 bits per heavy atom. The van der Waals surface area contributed by atoms with Crippen LogP contribution in [0.3, 0.4) is 0 Å². The van der Waals surface area contributed by atoms with E-state index in [9.17, 15) is 13.2 Å². The van der Waals surface area contributed by atoms with Gasteiger partial charge in [0.05, 0.1) is 4.90 Å². The molecule has 1 fully saturated rings. The molecule has 7 heteroatoms. The molecule has 1 amide bonds. The highest BCUT2D eigenvalue weighted by Gasteiger charge is 2.19. The van der Waals surface area contributed by atoms with E-state index in [2.05, 4.69) is 22.0 Å². The minimum Gasteiger partial charge on any atom is -0.353 e. The van der Waals surface area contributed by atoms with Crippen molar-refractivity contribution in [2.24, 2.45) is 0 Å². The van der Waals surface area contributed by atoms with E-state index in [0.717, 1.165) is 37.1 Å². The predicted octanol–water partition coefficient (Wildman–Crippen LogP) is 2.87. The van der Waals surface area contributed by atoms with Gasteiger partial charge in [-0.1, -0.05) is 42.5 Å². The first-order valence-electron chi connectivity index (χ1n) is 10.5. The Morgan fingerprint density at radius 3 is 2.33 bits per heavy atom. The lowest BCUT2D eigenvalue weighted by Crippen LogP contribution is -2.43. The number of hydrogen-bond acceptors (Lipinski definition) is 4. The number of likely N-dealkylation sites (tertiary alicyclic amines) is 1. The highest BCUT2D eigenvalue weighted by Crippen LogP contribution is 2.18. The molecule has 2 aromatic carbocycles. The molecule has 2 aromatic rings. The average Bonchev–Trinajstić information content (AvgIpc) is 2.74. The summed E-state index contributed by atoms with van der Waals surface area (Å²) in [4.78, 5) is 14.7. The van der Waals surface area contributed by atoms with Crippen molar-refractivity contribution in [3.05, 3.63) is 65.7 Å². The number of piperidine rings is 1. The second-order valence-corrected chi connectivity index (χ2v) is 9.76. The van der Waals surface area contributed by atoms with Crippen LogP contribution in [0.1, 0.15) is 43.4 Å². The molecule has 1 atom stereocenters. The lowest BCUT2D eigenvalue weighted by atomic mass is 10.0. The molecule has 1 aliphatic rings. The lowest BCUT2D eigenvalue weighted by molar-refractivity contribution is -0.122. The summed E-state index contributed by atoms with van der Waals surface area (Å²) in [6.07, 6.45) is 2.97. The van der Waals surface area contributed by atoms with Gasteiger partial charge in [0.25, 0.3) is 0 Å². The second-order valence-electron chi connectivity index (χ2n) is 8.04. The molecular formula is C23H31N3O3S. The molecule has 1 aliphatic heterocycles. The fourth-order valence-electron chi connectivity index (χ4n) is 3.66. The lowest BCUT2D eigenvalue weighted by Gasteiger charge is -2.29. The van der Waals surface area contributed by atoms with Gasteiger partial charge in [-0.15, -0.1) is 0 Å². The Bertz CT molecular complexity index is 922. The van der Waals surface area contributed by atoms with Crippen molar-refractivity contribution in [3.63, 3.8) is 0 Å². The largest absolute Gasteiger partial charge is 0.353 e. The number of carbonyl (C=O) groups is 1. The van der Waals surface area contributed by atoms with E-state index in [4.69, 9.17) is 0 Å². The SMILES string of the molecule is C[C@H](NS(=O)(=O)c1ccc(CCC(=O)NC2CCN(C)CC2)cc1)c1ccccc1. The molecule has 0 aromatic heterocycles. The van der Waals surface area contributed by atoms with Crippen LogP contribution in [0.15, 0.2) is 59.5 Å². The topological polar surface area (TPSA) is 78.5 Å². The van der Waals surface area contributed by atoms with E-state index in [1.165, 1.54) is 0 Å². The summed E-state index contributed by atoms with van der Waals surface area (Å²) >= 11 is 0. The van der Waals surface area contributed by atoms with Crippen LogP contribution in [0.25, 0.3) is 0 Å². The standard InChI is InChI=1S/C23H31N3O3S/c1-18(20-6-4-3-5-7-20)25-30(28,29)22-11-8-19(9-12-22)10-13-23(27)24-21-14-16-26(2)17-15-21/h3-9,11-12,18,21,25H,10,13-17H2,1-2H3,(H,24,27)/t18-/m0/s1. The summed E-state index contributed by atoms with van der Waals surface area (Å²) in [5, 5.41) is 3.11. The second kappa shape index (κ2) is 10.2. The van der Waals surface area contributed by atoms with Crippen molar-refractivity contribution in [1.82, 2.24) is 14.9 Å². The molecule has 0 aliphatic carbocycles. The first-order chi connectivity index (χ1) is 14.3. The number of rotatable bonds is 8. The van der Waals surface area contributed by atoms with Gasteiger partial charge in [-0.3, -0.25) is 4.79 Å². The van der Waals surface area contributed by atoms with E-state index in [0.29, 0.717) is 12.8 Å². The molecule has 0 saturated carbocycles. The van der Waals surface area contributed by atoms with Gasteiger partial charge in [0.1, 0.15) is 0 Å². The van der Waals surface area contributed by atoms with Gasteiger partial charge in [0.2, 0.25) is 15.9 Å². The van der Waals surface area contributed by atoms with Crippen LogP contribution in [0.4, 0.5) is 0 Å². The quantitative estimate of drug-likeness (QED) is 0.676. The molecule has 0 bridgehead atoms. The first kappa shape index (κ1) is 22.5. The van der Waals surface area contributed by atoms with Gasteiger partial charge in [0.15, 0.2) is 0 Å². The van der Waals surface area contributed by atoms with Crippen LogP contribution in [-0.2, 0) is 21.2 Å². The van der Waals surface area contributed by atoms with Gasteiger partial charge in [0, 0.05) is 18.5 Å². The highest BCUT2D eigenvalue weighted by atomic mass is 32.2. The highest BCUT2D eigenvalue weighted by molar-refractivity contribution is 7.89. The maximum atomic E-state index is 12.7. The van der Waals surface area contributed by atoms with Crippen LogP contribution in [0.2, 0.25) is 0 Å². The summed E-state index contributed by atoms with van der Waals surface area (Å²) in [7, 11) is -1.52. The zero-order chi connectivity index (χ0) is 21.6. The first-order valence-corrected chi connectivity index (χ1v) is 12.0. The van der Waals surface area contributed by atoms with Crippen LogP contribution < -0.4 is 10.0 Å². The minimum atomic E-state index is -3.61. The Balaban J connectivity index is 1.51. The smallest absolute Gasteiger partial charge is 0.241 e. The minimum absolute atomic E-state index is 0.0552. The number of nitrogens with one attached hydrogen (secondary N) is 2. The normalized spacial score (nSPS) is 16.9. The number of aryl methyl sites for hydroxylation is 1. The van der Waals surface area contributed by atoms with E-state index >= 15 is 0 Å². The summed E-state index contributed by atoms with van der Waals surface area (Å²) in [6, 6.07) is 16.2. The number of amides is 1. The molecule has 1 saturated heterocycles. The van der Waals surface area contributed by atoms with Crippen LogP contribution in [-0.4, -0.2) is 45.4 Å². The summed E-state index contributed by atoms with van der Waals surface area (Å²) in [5.41, 5.74) is 1.86. The number of carbonyl (C=O) groups excluding carboxylic acids is 1. The third-order valence-electron chi connectivity index (χ3n) is 5.59. The average molecular weight is 430 g/mol. The fourth-order valence-corrected chi connectivity index (χ4v) is 4.89. The van der Waals surface area contributed by atoms with Crippen molar-refractivity contribution in [2.75, 3.05) is 20.1 Å². The monoisotopic (exact) mass is 429 g/mol. The molecule has 0 unspecified atom stereocenters. The van der Waals surface area contributed by atoms with Gasteiger partial charge in [-0.05, 0) is 69.6 Å². The van der Waals surface area contributed by atoms with E-state index in [1.807, 2.05) is 37.3 Å². The summed E-state index contributed by atoms with van der Waals surface area (Å²) < 4.78 is 28.0. The molecule has 6 nitrogen and oxygen atoms in total. The fraction of sp³-hybridized carbons (Fsp3) is 0.435.